The zero-order chi connectivity index (χ0) is 15.7. The van der Waals surface area contributed by atoms with E-state index in [0.717, 1.165) is 32.1 Å². The van der Waals surface area contributed by atoms with Crippen LogP contribution in [0.1, 0.15) is 30.1 Å². The van der Waals surface area contributed by atoms with Crippen molar-refractivity contribution in [2.45, 2.75) is 25.8 Å². The van der Waals surface area contributed by atoms with Gasteiger partial charge >= 0.3 is 0 Å². The Kier molecular flexibility index (Phi) is 4.59. The third-order valence-electron chi connectivity index (χ3n) is 4.84. The van der Waals surface area contributed by atoms with Gasteiger partial charge in [0, 0.05) is 32.2 Å². The number of benzene rings is 1. The Morgan fingerprint density at radius 2 is 2.09 bits per heavy atom. The first-order valence-corrected chi connectivity index (χ1v) is 8.33. The van der Waals surface area contributed by atoms with Crippen LogP contribution in [0.4, 0.5) is 0 Å². The van der Waals surface area contributed by atoms with Crippen LogP contribution in [0.25, 0.3) is 0 Å². The lowest BCUT2D eigenvalue weighted by Gasteiger charge is -2.45. The first kappa shape index (κ1) is 15.6. The fourth-order valence-corrected chi connectivity index (χ4v) is 3.85. The summed E-state index contributed by atoms with van der Waals surface area (Å²) in [6, 6.07) is 5.87. The van der Waals surface area contributed by atoms with Gasteiger partial charge in [0.2, 0.25) is 0 Å². The highest BCUT2D eigenvalue weighted by Crippen LogP contribution is 2.30. The summed E-state index contributed by atoms with van der Waals surface area (Å²) >= 11 is 6.30. The Hall–Kier alpha value is -1.26. The van der Waals surface area contributed by atoms with E-state index in [1.807, 2.05) is 11.0 Å². The van der Waals surface area contributed by atoms with Gasteiger partial charge in [-0.05, 0) is 30.9 Å². The third kappa shape index (κ3) is 2.95. The molecule has 2 atom stereocenters. The van der Waals surface area contributed by atoms with E-state index in [4.69, 9.17) is 16.3 Å². The molecule has 1 aromatic carbocycles. The van der Waals surface area contributed by atoms with E-state index in [0.29, 0.717) is 22.4 Å². The van der Waals surface area contributed by atoms with E-state index < -0.39 is 0 Å². The topological polar surface area (TPSA) is 32.8 Å². The molecule has 0 aliphatic carbocycles. The molecule has 1 amide bonds. The highest BCUT2D eigenvalue weighted by molar-refractivity contribution is 6.35. The molecule has 2 saturated heterocycles. The Balaban J connectivity index is 1.74. The molecule has 0 aromatic heterocycles. The fourth-order valence-electron chi connectivity index (χ4n) is 3.56. The number of fused-ring (bicyclic) bond motifs is 1. The SMILES string of the molecule is COc1cccc(C(=O)N2CCN3C[C@@H](C)CC[C@H]3C2)c1Cl. The van der Waals surface area contributed by atoms with Crippen LogP contribution >= 0.6 is 11.6 Å². The number of hydrogen-bond acceptors (Lipinski definition) is 3. The summed E-state index contributed by atoms with van der Waals surface area (Å²) < 4.78 is 5.21. The van der Waals surface area contributed by atoms with Gasteiger partial charge in [-0.2, -0.15) is 0 Å². The van der Waals surface area contributed by atoms with Gasteiger partial charge in [0.15, 0.2) is 0 Å². The second kappa shape index (κ2) is 6.47. The van der Waals surface area contributed by atoms with Crippen LogP contribution in [0.3, 0.4) is 0 Å². The van der Waals surface area contributed by atoms with Crippen LogP contribution in [0.5, 0.6) is 5.75 Å². The number of ether oxygens (including phenoxy) is 1. The molecular formula is C17H23ClN2O2. The molecule has 1 aromatic rings. The van der Waals surface area contributed by atoms with E-state index in [-0.39, 0.29) is 5.91 Å². The third-order valence-corrected chi connectivity index (χ3v) is 5.23. The largest absolute Gasteiger partial charge is 0.495 e. The Bertz CT molecular complexity index is 564. The number of amides is 1. The van der Waals surface area contributed by atoms with Crippen LogP contribution in [0.2, 0.25) is 5.02 Å². The monoisotopic (exact) mass is 322 g/mol. The number of rotatable bonds is 2. The van der Waals surface area contributed by atoms with Crippen molar-refractivity contribution < 1.29 is 9.53 Å². The van der Waals surface area contributed by atoms with Gasteiger partial charge in [0.05, 0.1) is 17.7 Å². The van der Waals surface area contributed by atoms with Gasteiger partial charge in [-0.1, -0.05) is 24.6 Å². The van der Waals surface area contributed by atoms with Crippen LogP contribution in [-0.4, -0.2) is 55.0 Å². The number of carbonyl (C=O) groups excluding carboxylic acids is 1. The molecule has 120 valence electrons. The van der Waals surface area contributed by atoms with Gasteiger partial charge in [-0.3, -0.25) is 9.69 Å². The number of nitrogens with zero attached hydrogens (tertiary/aromatic N) is 2. The molecule has 3 rings (SSSR count). The number of carbonyl (C=O) groups is 1. The zero-order valence-corrected chi connectivity index (χ0v) is 14.0. The van der Waals surface area contributed by atoms with Crippen LogP contribution in [0, 0.1) is 5.92 Å². The molecule has 2 aliphatic rings. The second-order valence-corrected chi connectivity index (χ2v) is 6.78. The molecule has 2 fully saturated rings. The van der Waals surface area contributed by atoms with E-state index in [9.17, 15) is 4.79 Å². The summed E-state index contributed by atoms with van der Waals surface area (Å²) in [5, 5.41) is 0.412. The van der Waals surface area contributed by atoms with Crippen molar-refractivity contribution in [3.8, 4) is 5.75 Å². The van der Waals surface area contributed by atoms with Gasteiger partial charge in [0.25, 0.3) is 5.91 Å². The van der Waals surface area contributed by atoms with Gasteiger partial charge in [-0.15, -0.1) is 0 Å². The van der Waals surface area contributed by atoms with Gasteiger partial charge in [-0.25, -0.2) is 0 Å². The molecule has 5 heteroatoms. The molecule has 2 aliphatic heterocycles. The van der Waals surface area contributed by atoms with Gasteiger partial charge < -0.3 is 9.64 Å². The highest BCUT2D eigenvalue weighted by atomic mass is 35.5. The Morgan fingerprint density at radius 3 is 2.86 bits per heavy atom. The predicted octanol–water partition coefficient (Wildman–Crippen LogP) is 2.90. The van der Waals surface area contributed by atoms with Crippen molar-refractivity contribution >= 4 is 17.5 Å². The maximum Gasteiger partial charge on any atom is 0.255 e. The summed E-state index contributed by atoms with van der Waals surface area (Å²) in [5.41, 5.74) is 0.540. The van der Waals surface area contributed by atoms with E-state index in [2.05, 4.69) is 11.8 Å². The molecule has 0 spiro atoms. The highest BCUT2D eigenvalue weighted by Gasteiger charge is 2.33. The van der Waals surface area contributed by atoms with E-state index >= 15 is 0 Å². The average Bonchev–Trinajstić information content (AvgIpc) is 2.54. The Labute approximate surface area is 137 Å². The molecule has 22 heavy (non-hydrogen) atoms. The quantitative estimate of drug-likeness (QED) is 0.839. The average molecular weight is 323 g/mol. The Morgan fingerprint density at radius 1 is 1.27 bits per heavy atom. The second-order valence-electron chi connectivity index (χ2n) is 6.40. The minimum absolute atomic E-state index is 0.0159. The maximum absolute atomic E-state index is 12.8. The van der Waals surface area contributed by atoms with Crippen molar-refractivity contribution in [1.82, 2.24) is 9.80 Å². The number of halogens is 1. The first-order chi connectivity index (χ1) is 10.6. The van der Waals surface area contributed by atoms with Crippen molar-refractivity contribution in [1.29, 1.82) is 0 Å². The van der Waals surface area contributed by atoms with Crippen molar-refractivity contribution in [3.63, 3.8) is 0 Å². The maximum atomic E-state index is 12.8. The normalized spacial score (nSPS) is 25.7. The number of methoxy groups -OCH3 is 1. The van der Waals surface area contributed by atoms with E-state index in [1.54, 1.807) is 19.2 Å². The van der Waals surface area contributed by atoms with Crippen LogP contribution in [0.15, 0.2) is 18.2 Å². The fraction of sp³-hybridized carbons (Fsp3) is 0.588. The summed E-state index contributed by atoms with van der Waals surface area (Å²) in [4.78, 5) is 17.3. The summed E-state index contributed by atoms with van der Waals surface area (Å²) in [5.74, 6) is 1.34. The lowest BCUT2D eigenvalue weighted by Crippen LogP contribution is -2.57. The molecule has 0 radical (unpaired) electrons. The summed E-state index contributed by atoms with van der Waals surface area (Å²) in [7, 11) is 1.57. The standard InChI is InChI=1S/C17H23ClN2O2/c1-12-6-7-13-11-20(9-8-19(13)10-12)17(21)14-4-3-5-15(22-2)16(14)18/h3-5,12-13H,6-11H2,1-2H3/t12-,13-/m0/s1. The molecule has 2 heterocycles. The van der Waals surface area contributed by atoms with Crippen molar-refractivity contribution in [2.24, 2.45) is 5.92 Å². The molecule has 0 saturated carbocycles. The molecule has 4 nitrogen and oxygen atoms in total. The molecule has 0 unspecified atom stereocenters. The summed E-state index contributed by atoms with van der Waals surface area (Å²) in [6.07, 6.45) is 2.43. The lowest BCUT2D eigenvalue weighted by atomic mass is 9.92. The minimum Gasteiger partial charge on any atom is -0.495 e. The lowest BCUT2D eigenvalue weighted by molar-refractivity contribution is 0.0269. The number of piperidine rings is 1. The smallest absolute Gasteiger partial charge is 0.255 e. The van der Waals surface area contributed by atoms with Crippen LogP contribution in [-0.2, 0) is 0 Å². The zero-order valence-electron chi connectivity index (χ0n) is 13.2. The molecule has 0 N–H and O–H groups in total. The predicted molar refractivity (Wildman–Crippen MR) is 87.7 cm³/mol. The minimum atomic E-state index is 0.0159. The number of hydrogen-bond donors (Lipinski definition) is 0. The molecule has 0 bridgehead atoms. The molecular weight excluding hydrogens is 300 g/mol. The van der Waals surface area contributed by atoms with E-state index in [1.165, 1.54) is 12.8 Å². The van der Waals surface area contributed by atoms with Crippen molar-refractivity contribution in [3.05, 3.63) is 28.8 Å². The van der Waals surface area contributed by atoms with Crippen LogP contribution < -0.4 is 4.74 Å². The number of piperazine rings is 1. The van der Waals surface area contributed by atoms with Crippen molar-refractivity contribution in [2.75, 3.05) is 33.3 Å². The summed E-state index contributed by atoms with van der Waals surface area (Å²) in [6.45, 7) is 6.01. The van der Waals surface area contributed by atoms with Gasteiger partial charge in [0.1, 0.15) is 5.75 Å². The first-order valence-electron chi connectivity index (χ1n) is 7.96.